The Morgan fingerprint density at radius 2 is 1.94 bits per heavy atom. The highest BCUT2D eigenvalue weighted by atomic mass is 16.3. The number of hydrogen-bond acceptors (Lipinski definition) is 3. The number of rotatable bonds is 4. The maximum Gasteiger partial charge on any atom is 0.224 e. The molecule has 0 aromatic carbocycles. The van der Waals surface area contributed by atoms with Crippen molar-refractivity contribution >= 4 is 11.8 Å². The third kappa shape index (κ3) is 3.45. The maximum absolute atomic E-state index is 11.8. The summed E-state index contributed by atoms with van der Waals surface area (Å²) < 4.78 is 0. The molecule has 2 amide bonds. The zero-order chi connectivity index (χ0) is 13.0. The van der Waals surface area contributed by atoms with Crippen molar-refractivity contribution in [1.29, 1.82) is 0 Å². The Hall–Kier alpha value is -1.10. The van der Waals surface area contributed by atoms with Crippen LogP contribution in [0.3, 0.4) is 0 Å². The Labute approximate surface area is 108 Å². The van der Waals surface area contributed by atoms with Crippen LogP contribution in [0, 0.1) is 5.92 Å². The van der Waals surface area contributed by atoms with Gasteiger partial charge in [-0.1, -0.05) is 12.8 Å². The van der Waals surface area contributed by atoms with Gasteiger partial charge in [-0.05, 0) is 19.3 Å². The van der Waals surface area contributed by atoms with Crippen LogP contribution in [0.2, 0.25) is 0 Å². The number of nitrogens with one attached hydrogen (secondary N) is 1. The number of aliphatic hydroxyl groups excluding tert-OH is 1. The van der Waals surface area contributed by atoms with Gasteiger partial charge in [0.25, 0.3) is 0 Å². The van der Waals surface area contributed by atoms with Crippen LogP contribution in [0.1, 0.15) is 38.5 Å². The molecule has 0 radical (unpaired) electrons. The molecule has 0 bridgehead atoms. The van der Waals surface area contributed by atoms with Crippen molar-refractivity contribution in [3.05, 3.63) is 0 Å². The van der Waals surface area contributed by atoms with Crippen molar-refractivity contribution in [3.8, 4) is 0 Å². The summed E-state index contributed by atoms with van der Waals surface area (Å²) in [5.74, 6) is 0.286. The normalized spacial score (nSPS) is 24.5. The third-order valence-electron chi connectivity index (χ3n) is 3.88. The fourth-order valence-electron chi connectivity index (χ4n) is 2.75. The summed E-state index contributed by atoms with van der Waals surface area (Å²) in [4.78, 5) is 25.2. The number of aliphatic hydroxyl groups is 1. The number of β-amino-alcohol motifs (C(OH)–C–C–N with tert-alkyl or cyclic N) is 1. The van der Waals surface area contributed by atoms with Gasteiger partial charge in [0.15, 0.2) is 0 Å². The van der Waals surface area contributed by atoms with Crippen LogP contribution in [-0.4, -0.2) is 47.6 Å². The predicted molar refractivity (Wildman–Crippen MR) is 66.8 cm³/mol. The molecule has 1 atom stereocenters. The van der Waals surface area contributed by atoms with Gasteiger partial charge >= 0.3 is 0 Å². The predicted octanol–water partition coefficient (Wildman–Crippen LogP) is 0.276. The molecular weight excluding hydrogens is 232 g/mol. The van der Waals surface area contributed by atoms with Crippen molar-refractivity contribution in [2.24, 2.45) is 5.92 Å². The molecule has 18 heavy (non-hydrogen) atoms. The monoisotopic (exact) mass is 254 g/mol. The first-order valence-electron chi connectivity index (χ1n) is 6.90. The van der Waals surface area contributed by atoms with Crippen LogP contribution < -0.4 is 5.32 Å². The molecule has 1 aliphatic carbocycles. The molecule has 2 aliphatic rings. The Balaban J connectivity index is 1.62. The van der Waals surface area contributed by atoms with Crippen molar-refractivity contribution in [3.63, 3.8) is 0 Å². The van der Waals surface area contributed by atoms with Gasteiger partial charge < -0.3 is 15.3 Å². The lowest BCUT2D eigenvalue weighted by molar-refractivity contribution is -0.130. The molecule has 1 unspecified atom stereocenters. The summed E-state index contributed by atoms with van der Waals surface area (Å²) in [6.45, 7) is 1.49. The van der Waals surface area contributed by atoms with Crippen LogP contribution in [0.15, 0.2) is 0 Å². The molecular formula is C13H22N2O3. The van der Waals surface area contributed by atoms with Crippen molar-refractivity contribution in [2.45, 2.75) is 44.6 Å². The summed E-state index contributed by atoms with van der Waals surface area (Å²) in [5, 5.41) is 12.2. The van der Waals surface area contributed by atoms with Gasteiger partial charge in [0, 0.05) is 32.0 Å². The van der Waals surface area contributed by atoms with E-state index < -0.39 is 0 Å². The standard InChI is InChI=1S/C13H22N2O3/c16-11-6-8-15(9-11)12(17)5-7-14-13(18)10-3-1-2-4-10/h10-11,16H,1-9H2,(H,14,18). The smallest absolute Gasteiger partial charge is 0.224 e. The number of nitrogens with zero attached hydrogens (tertiary/aromatic N) is 1. The minimum absolute atomic E-state index is 0.0262. The fourth-order valence-corrected chi connectivity index (χ4v) is 2.75. The summed E-state index contributed by atoms with van der Waals surface area (Å²) in [7, 11) is 0. The lowest BCUT2D eigenvalue weighted by Crippen LogP contribution is -2.35. The number of amides is 2. The lowest BCUT2D eigenvalue weighted by atomic mass is 10.1. The average molecular weight is 254 g/mol. The van der Waals surface area contributed by atoms with E-state index in [0.29, 0.717) is 32.5 Å². The largest absolute Gasteiger partial charge is 0.391 e. The molecule has 5 heteroatoms. The fraction of sp³-hybridized carbons (Fsp3) is 0.846. The van der Waals surface area contributed by atoms with Crippen LogP contribution in [0.4, 0.5) is 0 Å². The van der Waals surface area contributed by atoms with E-state index in [9.17, 15) is 14.7 Å². The first kappa shape index (κ1) is 13.3. The Kier molecular flexibility index (Phi) is 4.58. The summed E-state index contributed by atoms with van der Waals surface area (Å²) in [5.41, 5.74) is 0. The van der Waals surface area contributed by atoms with E-state index in [1.165, 1.54) is 0 Å². The van der Waals surface area contributed by atoms with Gasteiger partial charge in [0.1, 0.15) is 0 Å². The van der Waals surface area contributed by atoms with E-state index in [2.05, 4.69) is 5.32 Å². The minimum atomic E-state index is -0.373. The molecule has 1 saturated carbocycles. The molecule has 1 saturated heterocycles. The molecule has 2 fully saturated rings. The highest BCUT2D eigenvalue weighted by Gasteiger charge is 2.25. The van der Waals surface area contributed by atoms with E-state index in [1.54, 1.807) is 4.90 Å². The lowest BCUT2D eigenvalue weighted by Gasteiger charge is -2.16. The number of carbonyl (C=O) groups excluding carboxylic acids is 2. The summed E-state index contributed by atoms with van der Waals surface area (Å²) in [6, 6.07) is 0. The van der Waals surface area contributed by atoms with Gasteiger partial charge in [-0.2, -0.15) is 0 Å². The maximum atomic E-state index is 11.8. The molecule has 1 aliphatic heterocycles. The average Bonchev–Trinajstić information content (AvgIpc) is 2.99. The minimum Gasteiger partial charge on any atom is -0.391 e. The van der Waals surface area contributed by atoms with Crippen LogP contribution in [0.5, 0.6) is 0 Å². The first-order chi connectivity index (χ1) is 8.66. The molecule has 0 spiro atoms. The zero-order valence-electron chi connectivity index (χ0n) is 10.7. The molecule has 1 heterocycles. The van der Waals surface area contributed by atoms with Crippen LogP contribution in [-0.2, 0) is 9.59 Å². The van der Waals surface area contributed by atoms with Gasteiger partial charge in [-0.3, -0.25) is 9.59 Å². The van der Waals surface area contributed by atoms with Gasteiger partial charge in [0.05, 0.1) is 6.10 Å². The van der Waals surface area contributed by atoms with Gasteiger partial charge in [0.2, 0.25) is 11.8 Å². The Morgan fingerprint density at radius 1 is 1.22 bits per heavy atom. The topological polar surface area (TPSA) is 69.6 Å². The molecule has 2 N–H and O–H groups in total. The van der Waals surface area contributed by atoms with Gasteiger partial charge in [-0.25, -0.2) is 0 Å². The first-order valence-corrected chi connectivity index (χ1v) is 6.90. The van der Waals surface area contributed by atoms with E-state index >= 15 is 0 Å². The highest BCUT2D eigenvalue weighted by molar-refractivity contribution is 5.80. The molecule has 5 nitrogen and oxygen atoms in total. The van der Waals surface area contributed by atoms with Gasteiger partial charge in [-0.15, -0.1) is 0 Å². The quantitative estimate of drug-likeness (QED) is 0.757. The molecule has 102 valence electrons. The van der Waals surface area contributed by atoms with E-state index in [4.69, 9.17) is 0 Å². The second kappa shape index (κ2) is 6.18. The van der Waals surface area contributed by atoms with E-state index in [-0.39, 0.29) is 23.8 Å². The number of carbonyl (C=O) groups is 2. The Morgan fingerprint density at radius 3 is 2.56 bits per heavy atom. The second-order valence-electron chi connectivity index (χ2n) is 5.30. The van der Waals surface area contributed by atoms with Crippen molar-refractivity contribution in [1.82, 2.24) is 10.2 Å². The third-order valence-corrected chi connectivity index (χ3v) is 3.88. The molecule has 0 aromatic heterocycles. The number of likely N-dealkylation sites (tertiary alicyclic amines) is 1. The molecule has 2 rings (SSSR count). The van der Waals surface area contributed by atoms with Crippen molar-refractivity contribution < 1.29 is 14.7 Å². The molecule has 0 aromatic rings. The van der Waals surface area contributed by atoms with Crippen LogP contribution in [0.25, 0.3) is 0 Å². The SMILES string of the molecule is O=C(NCCC(=O)N1CCC(O)C1)C1CCCC1. The number of hydrogen-bond donors (Lipinski definition) is 2. The summed E-state index contributed by atoms with van der Waals surface area (Å²) >= 11 is 0. The second-order valence-corrected chi connectivity index (χ2v) is 5.30. The van der Waals surface area contributed by atoms with E-state index in [0.717, 1.165) is 25.7 Å². The zero-order valence-corrected chi connectivity index (χ0v) is 10.7. The van der Waals surface area contributed by atoms with E-state index in [1.807, 2.05) is 0 Å². The highest BCUT2D eigenvalue weighted by Crippen LogP contribution is 2.24. The van der Waals surface area contributed by atoms with Crippen LogP contribution >= 0.6 is 0 Å². The Bertz CT molecular complexity index is 313. The summed E-state index contributed by atoms with van der Waals surface area (Å²) in [6.07, 6.45) is 4.88. The van der Waals surface area contributed by atoms with Crippen molar-refractivity contribution in [2.75, 3.05) is 19.6 Å².